The van der Waals surface area contributed by atoms with Crippen LogP contribution in [0.1, 0.15) is 17.2 Å². The lowest BCUT2D eigenvalue weighted by molar-refractivity contribution is 0.992. The number of rotatable bonds is 1. The predicted molar refractivity (Wildman–Crippen MR) is 42.7 cm³/mol. The minimum absolute atomic E-state index is 0.610. The molecule has 1 N–H and O–H groups in total. The fourth-order valence-electron chi connectivity index (χ4n) is 1.04. The van der Waals surface area contributed by atoms with E-state index in [0.717, 1.165) is 6.42 Å². The third-order valence-electron chi connectivity index (χ3n) is 1.58. The van der Waals surface area contributed by atoms with Crippen molar-refractivity contribution in [3.05, 3.63) is 29.4 Å². The quantitative estimate of drug-likeness (QED) is 0.667. The molecule has 1 aromatic rings. The molecule has 1 aromatic heterocycles. The molecule has 10 heavy (non-hydrogen) atoms. The van der Waals surface area contributed by atoms with Crippen LogP contribution in [0.15, 0.2) is 23.9 Å². The molecule has 1 aliphatic rings. The number of hydrogen-bond donors (Lipinski definition) is 1. The van der Waals surface area contributed by atoms with Gasteiger partial charge >= 0.3 is 0 Å². The molecule has 0 spiro atoms. The van der Waals surface area contributed by atoms with Crippen molar-refractivity contribution in [2.75, 3.05) is 0 Å². The highest BCUT2D eigenvalue weighted by Crippen LogP contribution is 2.37. The molecule has 2 rings (SSSR count). The second-order valence-corrected chi connectivity index (χ2v) is 3.38. The van der Waals surface area contributed by atoms with E-state index in [1.807, 2.05) is 24.2 Å². The summed E-state index contributed by atoms with van der Waals surface area (Å²) in [4.78, 5) is 0. The van der Waals surface area contributed by atoms with Gasteiger partial charge in [-0.3, -0.25) is 5.10 Å². The Labute approximate surface area is 63.7 Å². The Morgan fingerprint density at radius 2 is 2.70 bits per heavy atom. The first-order valence-electron chi connectivity index (χ1n) is 3.26. The van der Waals surface area contributed by atoms with Crippen LogP contribution in [0.4, 0.5) is 0 Å². The van der Waals surface area contributed by atoms with E-state index in [0.29, 0.717) is 5.25 Å². The van der Waals surface area contributed by atoms with Crippen molar-refractivity contribution in [3.8, 4) is 0 Å². The Morgan fingerprint density at radius 1 is 1.70 bits per heavy atom. The summed E-state index contributed by atoms with van der Waals surface area (Å²) < 4.78 is 0. The van der Waals surface area contributed by atoms with Crippen LogP contribution >= 0.6 is 11.8 Å². The van der Waals surface area contributed by atoms with Gasteiger partial charge < -0.3 is 0 Å². The first-order chi connectivity index (χ1) is 4.97. The average molecular weight is 152 g/mol. The van der Waals surface area contributed by atoms with Crippen LogP contribution in [-0.4, -0.2) is 10.2 Å². The zero-order valence-electron chi connectivity index (χ0n) is 5.45. The number of nitrogens with one attached hydrogen (secondary N) is 1. The standard InChI is InChI=1S/C7H8N2S/c1-2-7(10-3-1)6-4-8-9-5-6/h1,3-5,7H,2H2,(H,8,9). The van der Waals surface area contributed by atoms with Gasteiger partial charge in [-0.25, -0.2) is 0 Å². The van der Waals surface area contributed by atoms with Crippen molar-refractivity contribution in [3.63, 3.8) is 0 Å². The summed E-state index contributed by atoms with van der Waals surface area (Å²) in [6.07, 6.45) is 7.20. The van der Waals surface area contributed by atoms with E-state index >= 15 is 0 Å². The summed E-state index contributed by atoms with van der Waals surface area (Å²) in [5.41, 5.74) is 1.30. The summed E-state index contributed by atoms with van der Waals surface area (Å²) in [6, 6.07) is 0. The minimum Gasteiger partial charge on any atom is -0.285 e. The summed E-state index contributed by atoms with van der Waals surface area (Å²) in [6.45, 7) is 0. The normalized spacial score (nSPS) is 23.8. The third kappa shape index (κ3) is 0.968. The number of nitrogens with zero attached hydrogens (tertiary/aromatic N) is 1. The van der Waals surface area contributed by atoms with Crippen molar-refractivity contribution >= 4 is 11.8 Å². The van der Waals surface area contributed by atoms with Crippen LogP contribution in [0.25, 0.3) is 0 Å². The van der Waals surface area contributed by atoms with E-state index in [1.54, 1.807) is 0 Å². The lowest BCUT2D eigenvalue weighted by Crippen LogP contribution is -1.83. The summed E-state index contributed by atoms with van der Waals surface area (Å²) >= 11 is 1.86. The Bertz CT molecular complexity index is 220. The van der Waals surface area contributed by atoms with Gasteiger partial charge in [0, 0.05) is 17.0 Å². The molecule has 3 heteroatoms. The number of hydrogen-bond acceptors (Lipinski definition) is 2. The predicted octanol–water partition coefficient (Wildman–Crippen LogP) is 2.10. The van der Waals surface area contributed by atoms with E-state index in [1.165, 1.54) is 5.56 Å². The van der Waals surface area contributed by atoms with Crippen LogP contribution in [0.2, 0.25) is 0 Å². The van der Waals surface area contributed by atoms with Crippen LogP contribution in [-0.2, 0) is 0 Å². The lowest BCUT2D eigenvalue weighted by atomic mass is 10.2. The minimum atomic E-state index is 0.610. The van der Waals surface area contributed by atoms with E-state index in [-0.39, 0.29) is 0 Å². The van der Waals surface area contributed by atoms with Crippen LogP contribution in [0.5, 0.6) is 0 Å². The van der Waals surface area contributed by atoms with E-state index in [9.17, 15) is 0 Å². The van der Waals surface area contributed by atoms with Gasteiger partial charge in [-0.2, -0.15) is 5.10 Å². The second-order valence-electron chi connectivity index (χ2n) is 2.26. The molecule has 0 aromatic carbocycles. The SMILES string of the molecule is C1=CSC(c2cn[nH]c2)C1. The molecule has 1 unspecified atom stereocenters. The number of H-pyrrole nitrogens is 1. The van der Waals surface area contributed by atoms with Crippen LogP contribution in [0.3, 0.4) is 0 Å². The Hall–Kier alpha value is -0.700. The van der Waals surface area contributed by atoms with Crippen molar-refractivity contribution in [2.24, 2.45) is 0 Å². The van der Waals surface area contributed by atoms with Gasteiger partial charge in [0.15, 0.2) is 0 Å². The van der Waals surface area contributed by atoms with Crippen molar-refractivity contribution in [1.29, 1.82) is 0 Å². The maximum absolute atomic E-state index is 3.90. The number of allylic oxidation sites excluding steroid dienone is 1. The monoisotopic (exact) mass is 152 g/mol. The molecule has 0 aliphatic carbocycles. The molecular weight excluding hydrogens is 144 g/mol. The fraction of sp³-hybridized carbons (Fsp3) is 0.286. The number of aromatic nitrogens is 2. The molecule has 0 saturated carbocycles. The molecule has 2 nitrogen and oxygen atoms in total. The smallest absolute Gasteiger partial charge is 0.0530 e. The molecule has 0 saturated heterocycles. The topological polar surface area (TPSA) is 28.7 Å². The van der Waals surface area contributed by atoms with Crippen LogP contribution < -0.4 is 0 Å². The van der Waals surface area contributed by atoms with Gasteiger partial charge in [0.05, 0.1) is 6.20 Å². The molecule has 52 valence electrons. The summed E-state index contributed by atoms with van der Waals surface area (Å²) in [5.74, 6) is 0. The van der Waals surface area contributed by atoms with Crippen molar-refractivity contribution in [1.82, 2.24) is 10.2 Å². The van der Waals surface area contributed by atoms with E-state index in [4.69, 9.17) is 0 Å². The maximum atomic E-state index is 3.90. The highest BCUT2D eigenvalue weighted by Gasteiger charge is 2.13. The van der Waals surface area contributed by atoms with Gasteiger partial charge in [-0.05, 0) is 11.8 Å². The Balaban J connectivity index is 2.14. The molecular formula is C7H8N2S. The molecule has 1 atom stereocenters. The molecule has 2 heterocycles. The van der Waals surface area contributed by atoms with Gasteiger partial charge in [0.2, 0.25) is 0 Å². The molecule has 0 radical (unpaired) electrons. The van der Waals surface area contributed by atoms with Crippen LogP contribution in [0, 0.1) is 0 Å². The lowest BCUT2D eigenvalue weighted by Gasteiger charge is -2.02. The number of thioether (sulfide) groups is 1. The van der Waals surface area contributed by atoms with Gasteiger partial charge in [-0.15, -0.1) is 11.8 Å². The zero-order chi connectivity index (χ0) is 6.81. The molecule has 0 amide bonds. The first-order valence-corrected chi connectivity index (χ1v) is 4.20. The summed E-state index contributed by atoms with van der Waals surface area (Å²) in [7, 11) is 0. The Kier molecular flexibility index (Phi) is 1.51. The van der Waals surface area contributed by atoms with E-state index < -0.39 is 0 Å². The zero-order valence-corrected chi connectivity index (χ0v) is 6.27. The third-order valence-corrected chi connectivity index (χ3v) is 2.72. The molecule has 1 aliphatic heterocycles. The fourth-order valence-corrected chi connectivity index (χ4v) is 1.96. The second kappa shape index (κ2) is 2.50. The highest BCUT2D eigenvalue weighted by atomic mass is 32.2. The summed E-state index contributed by atoms with van der Waals surface area (Å²) in [5, 5.41) is 9.48. The molecule has 0 fully saturated rings. The Morgan fingerprint density at radius 3 is 3.30 bits per heavy atom. The van der Waals surface area contributed by atoms with Gasteiger partial charge in [-0.1, -0.05) is 6.08 Å². The number of aromatic amines is 1. The maximum Gasteiger partial charge on any atom is 0.0530 e. The average Bonchev–Trinajstić information content (AvgIpc) is 2.59. The van der Waals surface area contributed by atoms with E-state index in [2.05, 4.69) is 21.7 Å². The largest absolute Gasteiger partial charge is 0.285 e. The highest BCUT2D eigenvalue weighted by molar-refractivity contribution is 8.02. The van der Waals surface area contributed by atoms with Gasteiger partial charge in [0.1, 0.15) is 0 Å². The van der Waals surface area contributed by atoms with Crippen molar-refractivity contribution in [2.45, 2.75) is 11.7 Å². The van der Waals surface area contributed by atoms with Crippen molar-refractivity contribution < 1.29 is 0 Å². The van der Waals surface area contributed by atoms with Gasteiger partial charge in [0.25, 0.3) is 0 Å². The molecule has 0 bridgehead atoms. The first kappa shape index (κ1) is 6.04.